The van der Waals surface area contributed by atoms with Crippen molar-refractivity contribution in [3.8, 4) is 0 Å². The highest BCUT2D eigenvalue weighted by atomic mass is 16.2. The highest BCUT2D eigenvalue weighted by molar-refractivity contribution is 5.99. The Labute approximate surface area is 283 Å². The fourth-order valence-corrected chi connectivity index (χ4v) is 6.04. The van der Waals surface area contributed by atoms with Gasteiger partial charge in [-0.15, -0.1) is 6.58 Å². The van der Waals surface area contributed by atoms with Crippen molar-refractivity contribution in [3.05, 3.63) is 114 Å². The lowest BCUT2D eigenvalue weighted by atomic mass is 9.95. The van der Waals surface area contributed by atoms with Gasteiger partial charge in [0, 0.05) is 44.6 Å². The lowest BCUT2D eigenvalue weighted by Crippen LogP contribution is -2.55. The number of aromatic nitrogens is 1. The maximum absolute atomic E-state index is 12.3. The molecule has 1 amide bonds. The Balaban J connectivity index is 0.00000102. The van der Waals surface area contributed by atoms with Gasteiger partial charge in [-0.25, -0.2) is 9.98 Å². The molecule has 4 heterocycles. The minimum atomic E-state index is -0.00277. The van der Waals surface area contributed by atoms with Crippen LogP contribution < -0.4 is 16.4 Å². The monoisotopic (exact) mass is 639 g/mol. The van der Waals surface area contributed by atoms with E-state index in [1.54, 1.807) is 6.08 Å². The molecule has 0 spiro atoms. The van der Waals surface area contributed by atoms with E-state index in [9.17, 15) is 4.79 Å². The lowest BCUT2D eigenvalue weighted by Gasteiger charge is -2.42. The second-order valence-corrected chi connectivity index (χ2v) is 11.8. The molecule has 0 bridgehead atoms. The van der Waals surface area contributed by atoms with E-state index in [1.807, 2.05) is 49.9 Å². The van der Waals surface area contributed by atoms with E-state index in [0.717, 1.165) is 54.3 Å². The first kappa shape index (κ1) is 38.8. The van der Waals surface area contributed by atoms with Gasteiger partial charge in [0.2, 0.25) is 5.91 Å². The summed E-state index contributed by atoms with van der Waals surface area (Å²) >= 11 is 0. The van der Waals surface area contributed by atoms with Gasteiger partial charge in [-0.05, 0) is 111 Å². The maximum atomic E-state index is 12.3. The van der Waals surface area contributed by atoms with E-state index >= 15 is 0 Å². The van der Waals surface area contributed by atoms with Crippen molar-refractivity contribution in [2.45, 2.75) is 66.8 Å². The standard InChI is InChI=1S/C33H40N6O.C3H6.C2H6.CH5N/c1-7-30(40)38-12-13-39-29(20-38)15-21(2)14-27-16-23(4)31(36-33(27)39)32(34)35-28-9-8-26(22(3)17-28)19-25-10-11-37(6)24(5)18-25;1-3-2;2*1-2/h7-11,16-18,21,29H,1,5,12-15,19-20H2,2-4,6H3,(H2,34,35);3H,1H2,2H3;1-2H3;2H2,1H3. The fraction of sp³-hybridized carbons (Fsp3) is 0.410. The average molecular weight is 640 g/mol. The third-order valence-electron chi connectivity index (χ3n) is 8.28. The molecule has 1 fully saturated rings. The number of nitrogens with zero attached hydrogens (tertiary/aromatic N) is 5. The molecule has 8 nitrogen and oxygen atoms in total. The Hall–Kier alpha value is -4.43. The molecule has 2 unspecified atom stereocenters. The molecule has 0 saturated carbocycles. The van der Waals surface area contributed by atoms with E-state index in [-0.39, 0.29) is 11.9 Å². The molecule has 8 heteroatoms. The number of benzene rings is 1. The van der Waals surface area contributed by atoms with Gasteiger partial charge in [0.05, 0.1) is 5.69 Å². The number of amides is 1. The van der Waals surface area contributed by atoms with Crippen LogP contribution in [-0.2, 0) is 17.6 Å². The summed E-state index contributed by atoms with van der Waals surface area (Å²) in [7, 11) is 3.50. The minimum Gasteiger partial charge on any atom is -0.382 e. The van der Waals surface area contributed by atoms with E-state index in [0.29, 0.717) is 24.8 Å². The number of aliphatic imine (C=N–C) groups is 1. The van der Waals surface area contributed by atoms with Gasteiger partial charge in [-0.3, -0.25) is 4.79 Å². The number of rotatable bonds is 5. The molecule has 3 aliphatic heterocycles. The van der Waals surface area contributed by atoms with Crippen molar-refractivity contribution >= 4 is 23.2 Å². The van der Waals surface area contributed by atoms with E-state index in [2.05, 4.69) is 81.5 Å². The summed E-state index contributed by atoms with van der Waals surface area (Å²) < 4.78 is 0. The minimum absolute atomic E-state index is 0.00277. The number of piperazine rings is 1. The van der Waals surface area contributed by atoms with Crippen LogP contribution in [0.15, 0.2) is 90.8 Å². The van der Waals surface area contributed by atoms with Gasteiger partial charge in [-0.2, -0.15) is 0 Å². The van der Waals surface area contributed by atoms with Crippen LogP contribution >= 0.6 is 0 Å². The van der Waals surface area contributed by atoms with Crippen LogP contribution in [0.2, 0.25) is 0 Å². The Bertz CT molecular complexity index is 1500. The molecule has 1 saturated heterocycles. The lowest BCUT2D eigenvalue weighted by molar-refractivity contribution is -0.126. The van der Waals surface area contributed by atoms with Crippen molar-refractivity contribution in [1.82, 2.24) is 14.8 Å². The summed E-state index contributed by atoms with van der Waals surface area (Å²) in [6.07, 6.45) is 12.3. The summed E-state index contributed by atoms with van der Waals surface area (Å²) in [5.41, 5.74) is 19.6. The molecule has 2 aromatic rings. The quantitative estimate of drug-likeness (QED) is 0.162. The number of carbonyl (C=O) groups is 1. The molecular formula is C39H57N7O. The van der Waals surface area contributed by atoms with Crippen molar-refractivity contribution in [2.24, 2.45) is 22.4 Å². The number of fused-ring (bicyclic) bond motifs is 3. The highest BCUT2D eigenvalue weighted by Gasteiger charge is 2.35. The van der Waals surface area contributed by atoms with E-state index in [4.69, 9.17) is 15.7 Å². The first-order valence-corrected chi connectivity index (χ1v) is 16.6. The predicted octanol–water partition coefficient (Wildman–Crippen LogP) is 6.76. The van der Waals surface area contributed by atoms with Gasteiger partial charge in [0.25, 0.3) is 0 Å². The fourth-order valence-electron chi connectivity index (χ4n) is 6.04. The Morgan fingerprint density at radius 1 is 1.13 bits per heavy atom. The molecule has 1 aromatic heterocycles. The van der Waals surface area contributed by atoms with Crippen LogP contribution in [0.4, 0.5) is 11.5 Å². The number of amidine groups is 1. The van der Waals surface area contributed by atoms with Gasteiger partial charge in [0.15, 0.2) is 0 Å². The van der Waals surface area contributed by atoms with Crippen LogP contribution in [0.5, 0.6) is 0 Å². The number of hydrogen-bond donors (Lipinski definition) is 2. The van der Waals surface area contributed by atoms with Crippen LogP contribution in [0.1, 0.15) is 62.1 Å². The number of anilines is 1. The number of hydrogen-bond acceptors (Lipinski definition) is 6. The second-order valence-electron chi connectivity index (χ2n) is 11.8. The Kier molecular flexibility index (Phi) is 15.4. The first-order valence-electron chi connectivity index (χ1n) is 16.6. The van der Waals surface area contributed by atoms with Gasteiger partial charge >= 0.3 is 0 Å². The Morgan fingerprint density at radius 2 is 1.81 bits per heavy atom. The Morgan fingerprint density at radius 3 is 2.43 bits per heavy atom. The summed E-state index contributed by atoms with van der Waals surface area (Å²) in [4.78, 5) is 28.5. The normalized spacial score (nSPS) is 18.4. The molecule has 3 aliphatic rings. The molecule has 5 rings (SSSR count). The topological polar surface area (TPSA) is 104 Å². The summed E-state index contributed by atoms with van der Waals surface area (Å²) in [6.45, 7) is 25.6. The average Bonchev–Trinajstić information content (AvgIpc) is 3.19. The van der Waals surface area contributed by atoms with Crippen molar-refractivity contribution < 1.29 is 4.79 Å². The van der Waals surface area contributed by atoms with Crippen molar-refractivity contribution in [3.63, 3.8) is 0 Å². The number of nitrogens with two attached hydrogens (primary N) is 2. The van der Waals surface area contributed by atoms with Crippen LogP contribution in [0.3, 0.4) is 0 Å². The first-order chi connectivity index (χ1) is 22.5. The smallest absolute Gasteiger partial charge is 0.246 e. The zero-order chi connectivity index (χ0) is 35.3. The van der Waals surface area contributed by atoms with Crippen molar-refractivity contribution in [2.75, 3.05) is 38.6 Å². The third-order valence-corrected chi connectivity index (χ3v) is 8.28. The molecule has 0 radical (unpaired) electrons. The van der Waals surface area contributed by atoms with Gasteiger partial charge < -0.3 is 26.2 Å². The van der Waals surface area contributed by atoms with Crippen LogP contribution in [0, 0.1) is 19.8 Å². The highest BCUT2D eigenvalue weighted by Crippen LogP contribution is 2.34. The maximum Gasteiger partial charge on any atom is 0.246 e. The summed E-state index contributed by atoms with van der Waals surface area (Å²) in [6, 6.07) is 8.69. The summed E-state index contributed by atoms with van der Waals surface area (Å²) in [5.74, 6) is 1.88. The SMILES string of the molecule is C=CC.C=CC(=O)N1CCN2c3nc(C(N)=Nc4ccc(CC5=CC(=C)N(C)C=C5)c(C)c4)c(C)cc3CC(C)CC2C1.CC.CN. The predicted molar refractivity (Wildman–Crippen MR) is 201 cm³/mol. The number of allylic oxidation sites excluding steroid dienone is 4. The molecular weight excluding hydrogens is 582 g/mol. The second kappa shape index (κ2) is 18.6. The molecule has 47 heavy (non-hydrogen) atoms. The number of carbonyl (C=O) groups excluding carboxylic acids is 1. The number of aryl methyl sites for hydroxylation is 2. The van der Waals surface area contributed by atoms with E-state index < -0.39 is 0 Å². The molecule has 2 atom stereocenters. The van der Waals surface area contributed by atoms with Crippen LogP contribution in [-0.4, -0.2) is 66.3 Å². The van der Waals surface area contributed by atoms with Crippen LogP contribution in [0.25, 0.3) is 0 Å². The summed E-state index contributed by atoms with van der Waals surface area (Å²) in [5, 5.41) is 0. The molecule has 1 aromatic carbocycles. The molecule has 254 valence electrons. The van der Waals surface area contributed by atoms with Crippen molar-refractivity contribution in [1.29, 1.82) is 0 Å². The number of pyridine rings is 1. The molecule has 4 N–H and O–H groups in total. The number of likely N-dealkylation sites (N-methyl/N-ethyl adjacent to an activating group) is 1. The third kappa shape index (κ3) is 10.0. The zero-order valence-electron chi connectivity index (χ0n) is 30.0. The molecule has 0 aliphatic carbocycles. The zero-order valence-corrected chi connectivity index (χ0v) is 30.0. The van der Waals surface area contributed by atoms with E-state index in [1.165, 1.54) is 35.4 Å². The van der Waals surface area contributed by atoms with Gasteiger partial charge in [-0.1, -0.05) is 52.1 Å². The van der Waals surface area contributed by atoms with Gasteiger partial charge in [0.1, 0.15) is 17.3 Å². The largest absolute Gasteiger partial charge is 0.382 e.